The number of benzene rings is 3. The van der Waals surface area contributed by atoms with Gasteiger partial charge in [0, 0.05) is 23.5 Å². The van der Waals surface area contributed by atoms with Gasteiger partial charge >= 0.3 is 0 Å². The average molecular weight is 556 g/mol. The SMILES string of the molecule is CC(C)(C)NC(=O)[C@H](Cc1ccccc1)N(Cc1ccccc1)C(=O)CN(c1cccc(Cl)c1)S(C)(=O)=O. The first-order chi connectivity index (χ1) is 17.8. The number of amides is 2. The molecule has 0 fully saturated rings. The molecular formula is C29H34ClN3O4S. The van der Waals surface area contributed by atoms with Crippen LogP contribution in [0.25, 0.3) is 0 Å². The number of hydrogen-bond donors (Lipinski definition) is 1. The maximum Gasteiger partial charge on any atom is 0.244 e. The number of carbonyl (C=O) groups excluding carboxylic acids is 2. The molecule has 0 aliphatic heterocycles. The van der Waals surface area contributed by atoms with E-state index in [0.717, 1.165) is 21.7 Å². The van der Waals surface area contributed by atoms with Crippen molar-refractivity contribution in [2.75, 3.05) is 17.1 Å². The molecule has 202 valence electrons. The van der Waals surface area contributed by atoms with Gasteiger partial charge in [-0.15, -0.1) is 0 Å². The molecule has 0 unspecified atom stereocenters. The smallest absolute Gasteiger partial charge is 0.244 e. The highest BCUT2D eigenvalue weighted by atomic mass is 35.5. The molecule has 1 atom stereocenters. The van der Waals surface area contributed by atoms with Gasteiger partial charge in [0.15, 0.2) is 0 Å². The summed E-state index contributed by atoms with van der Waals surface area (Å²) in [6, 6.07) is 24.2. The molecule has 2 amide bonds. The summed E-state index contributed by atoms with van der Waals surface area (Å²) in [5.74, 6) is -0.830. The van der Waals surface area contributed by atoms with E-state index in [9.17, 15) is 18.0 Å². The van der Waals surface area contributed by atoms with E-state index in [2.05, 4.69) is 5.32 Å². The lowest BCUT2D eigenvalue weighted by Gasteiger charge is -2.35. The summed E-state index contributed by atoms with van der Waals surface area (Å²) >= 11 is 6.12. The third kappa shape index (κ3) is 8.60. The fourth-order valence-electron chi connectivity index (χ4n) is 4.03. The molecule has 0 aromatic heterocycles. The molecule has 0 bridgehead atoms. The lowest BCUT2D eigenvalue weighted by Crippen LogP contribution is -2.56. The maximum atomic E-state index is 14.0. The molecule has 1 N–H and O–H groups in total. The van der Waals surface area contributed by atoms with Crippen molar-refractivity contribution in [3.8, 4) is 0 Å². The van der Waals surface area contributed by atoms with Gasteiger partial charge in [0.05, 0.1) is 11.9 Å². The van der Waals surface area contributed by atoms with E-state index in [1.54, 1.807) is 18.2 Å². The number of rotatable bonds is 10. The first kappa shape index (κ1) is 29.2. The van der Waals surface area contributed by atoms with Crippen molar-refractivity contribution in [2.45, 2.75) is 45.3 Å². The third-order valence-corrected chi connectivity index (χ3v) is 7.12. The number of nitrogens with zero attached hydrogens (tertiary/aromatic N) is 2. The molecular weight excluding hydrogens is 522 g/mol. The second kappa shape index (κ2) is 12.5. The number of sulfonamides is 1. The van der Waals surface area contributed by atoms with Crippen LogP contribution in [0.2, 0.25) is 5.02 Å². The van der Waals surface area contributed by atoms with E-state index in [1.165, 1.54) is 11.0 Å². The molecule has 0 aliphatic carbocycles. The Morgan fingerprint density at radius 3 is 2.00 bits per heavy atom. The highest BCUT2D eigenvalue weighted by molar-refractivity contribution is 7.92. The number of nitrogens with one attached hydrogen (secondary N) is 1. The molecule has 0 spiro atoms. The van der Waals surface area contributed by atoms with Crippen LogP contribution in [0.4, 0.5) is 5.69 Å². The van der Waals surface area contributed by atoms with Gasteiger partial charge in [0.2, 0.25) is 21.8 Å². The zero-order chi connectivity index (χ0) is 27.9. The van der Waals surface area contributed by atoms with Gasteiger partial charge in [0.25, 0.3) is 0 Å². The molecule has 3 aromatic carbocycles. The van der Waals surface area contributed by atoms with Crippen LogP contribution in [0.5, 0.6) is 0 Å². The molecule has 9 heteroatoms. The fourth-order valence-corrected chi connectivity index (χ4v) is 5.06. The van der Waals surface area contributed by atoms with Gasteiger partial charge < -0.3 is 10.2 Å². The highest BCUT2D eigenvalue weighted by Gasteiger charge is 2.34. The molecule has 0 heterocycles. The topological polar surface area (TPSA) is 86.8 Å². The minimum Gasteiger partial charge on any atom is -0.350 e. The van der Waals surface area contributed by atoms with Gasteiger partial charge in [-0.3, -0.25) is 13.9 Å². The Morgan fingerprint density at radius 1 is 0.895 bits per heavy atom. The third-order valence-electron chi connectivity index (χ3n) is 5.74. The van der Waals surface area contributed by atoms with Crippen molar-refractivity contribution in [1.29, 1.82) is 0 Å². The van der Waals surface area contributed by atoms with Gasteiger partial charge in [-0.05, 0) is 50.1 Å². The number of carbonyl (C=O) groups is 2. The molecule has 0 radical (unpaired) electrons. The summed E-state index contributed by atoms with van der Waals surface area (Å²) in [5.41, 5.74) is 1.43. The molecule has 0 aliphatic rings. The first-order valence-electron chi connectivity index (χ1n) is 12.3. The fraction of sp³-hybridized carbons (Fsp3) is 0.310. The van der Waals surface area contributed by atoms with E-state index < -0.39 is 34.1 Å². The van der Waals surface area contributed by atoms with Gasteiger partial charge in [-0.2, -0.15) is 0 Å². The van der Waals surface area contributed by atoms with Crippen molar-refractivity contribution >= 4 is 39.1 Å². The molecule has 7 nitrogen and oxygen atoms in total. The standard InChI is InChI=1S/C29H34ClN3O4S/c1-29(2,3)31-28(35)26(18-22-12-7-5-8-13-22)32(20-23-14-9-6-10-15-23)27(34)21-33(38(4,36)37)25-17-11-16-24(30)19-25/h5-17,19,26H,18,20-21H2,1-4H3,(H,31,35)/t26-/m0/s1. The van der Waals surface area contributed by atoms with E-state index in [4.69, 9.17) is 11.6 Å². The van der Waals surface area contributed by atoms with Gasteiger partial charge in [-0.1, -0.05) is 78.3 Å². The van der Waals surface area contributed by atoms with Crippen molar-refractivity contribution in [3.63, 3.8) is 0 Å². The molecule has 38 heavy (non-hydrogen) atoms. The van der Waals surface area contributed by atoms with Crippen LogP contribution in [0.1, 0.15) is 31.9 Å². The minimum absolute atomic E-state index is 0.127. The van der Waals surface area contributed by atoms with E-state index in [-0.39, 0.29) is 24.6 Å². The molecule has 0 saturated carbocycles. The monoisotopic (exact) mass is 555 g/mol. The summed E-state index contributed by atoms with van der Waals surface area (Å²) < 4.78 is 26.6. The molecule has 3 rings (SSSR count). The predicted molar refractivity (Wildman–Crippen MR) is 152 cm³/mol. The Balaban J connectivity index is 2.05. The minimum atomic E-state index is -3.84. The first-order valence-corrected chi connectivity index (χ1v) is 14.5. The summed E-state index contributed by atoms with van der Waals surface area (Å²) in [7, 11) is -3.84. The molecule has 3 aromatic rings. The summed E-state index contributed by atoms with van der Waals surface area (Å²) in [4.78, 5) is 29.1. The Kier molecular flexibility index (Phi) is 9.57. The van der Waals surface area contributed by atoms with Crippen LogP contribution in [-0.4, -0.2) is 49.5 Å². The number of halogens is 1. The largest absolute Gasteiger partial charge is 0.350 e. The van der Waals surface area contributed by atoms with Crippen molar-refractivity contribution in [3.05, 3.63) is 101 Å². The second-order valence-electron chi connectivity index (χ2n) is 10.2. The Labute approximate surface area is 230 Å². The zero-order valence-corrected chi connectivity index (χ0v) is 23.7. The number of anilines is 1. The Morgan fingerprint density at radius 2 is 1.47 bits per heavy atom. The summed E-state index contributed by atoms with van der Waals surface area (Å²) in [6.07, 6.45) is 1.30. The summed E-state index contributed by atoms with van der Waals surface area (Å²) in [5, 5.41) is 3.34. The van der Waals surface area contributed by atoms with E-state index in [1.807, 2.05) is 81.4 Å². The average Bonchev–Trinajstić information content (AvgIpc) is 2.84. The van der Waals surface area contributed by atoms with Crippen LogP contribution in [0, 0.1) is 0 Å². The lowest BCUT2D eigenvalue weighted by atomic mass is 10.0. The van der Waals surface area contributed by atoms with E-state index >= 15 is 0 Å². The normalized spacial score (nSPS) is 12.4. The second-order valence-corrected chi connectivity index (χ2v) is 12.5. The van der Waals surface area contributed by atoms with Crippen LogP contribution in [-0.2, 0) is 32.6 Å². The Bertz CT molecular complexity index is 1340. The van der Waals surface area contributed by atoms with Crippen LogP contribution >= 0.6 is 11.6 Å². The van der Waals surface area contributed by atoms with Crippen LogP contribution < -0.4 is 9.62 Å². The van der Waals surface area contributed by atoms with Crippen molar-refractivity contribution in [2.24, 2.45) is 0 Å². The zero-order valence-electron chi connectivity index (χ0n) is 22.1. The van der Waals surface area contributed by atoms with Crippen LogP contribution in [0.3, 0.4) is 0 Å². The maximum absolute atomic E-state index is 14.0. The van der Waals surface area contributed by atoms with Crippen molar-refractivity contribution in [1.82, 2.24) is 10.2 Å². The van der Waals surface area contributed by atoms with Crippen LogP contribution in [0.15, 0.2) is 84.9 Å². The van der Waals surface area contributed by atoms with Gasteiger partial charge in [0.1, 0.15) is 12.6 Å². The Hall–Kier alpha value is -3.36. The highest BCUT2D eigenvalue weighted by Crippen LogP contribution is 2.23. The van der Waals surface area contributed by atoms with E-state index in [0.29, 0.717) is 5.02 Å². The predicted octanol–water partition coefficient (Wildman–Crippen LogP) is 4.66. The van der Waals surface area contributed by atoms with Gasteiger partial charge in [-0.25, -0.2) is 8.42 Å². The molecule has 0 saturated heterocycles. The number of hydrogen-bond acceptors (Lipinski definition) is 4. The summed E-state index contributed by atoms with van der Waals surface area (Å²) in [6.45, 7) is 5.26. The lowest BCUT2D eigenvalue weighted by molar-refractivity contribution is -0.140. The van der Waals surface area contributed by atoms with Crippen molar-refractivity contribution < 1.29 is 18.0 Å². The quantitative estimate of drug-likeness (QED) is 0.394.